The van der Waals surface area contributed by atoms with Crippen molar-refractivity contribution in [1.29, 1.82) is 0 Å². The van der Waals surface area contributed by atoms with Crippen LogP contribution in [0.2, 0.25) is 0 Å². The normalized spacial score (nSPS) is 20.7. The van der Waals surface area contributed by atoms with Crippen molar-refractivity contribution >= 4 is 11.6 Å². The summed E-state index contributed by atoms with van der Waals surface area (Å²) in [6.45, 7) is 8.17. The Labute approximate surface area is 161 Å². The number of hydrogen-bond donors (Lipinski definition) is 0. The topological polar surface area (TPSA) is 58.0 Å². The standard InChI is InChI=1S/C21H28N6/c1-14-15(2)24-20(17-6-7-17)25-21(14)27-10-8-26(9-11-27)19-12-18(22-13-23-19)16-4-3-5-16/h12-13,16-17H,3-11H2,1-2H3. The number of rotatable bonds is 4. The van der Waals surface area contributed by atoms with Gasteiger partial charge in [-0.25, -0.2) is 19.9 Å². The summed E-state index contributed by atoms with van der Waals surface area (Å²) in [4.78, 5) is 23.6. The third-order valence-electron chi connectivity index (χ3n) is 6.42. The van der Waals surface area contributed by atoms with E-state index in [0.29, 0.717) is 11.8 Å². The monoisotopic (exact) mass is 364 g/mol. The lowest BCUT2D eigenvalue weighted by atomic mass is 9.83. The highest BCUT2D eigenvalue weighted by molar-refractivity contribution is 5.51. The highest BCUT2D eigenvalue weighted by atomic mass is 15.3. The van der Waals surface area contributed by atoms with E-state index in [1.807, 2.05) is 0 Å². The molecule has 3 fully saturated rings. The van der Waals surface area contributed by atoms with E-state index in [9.17, 15) is 0 Å². The summed E-state index contributed by atoms with van der Waals surface area (Å²) in [5.41, 5.74) is 3.58. The van der Waals surface area contributed by atoms with Crippen molar-refractivity contribution in [3.63, 3.8) is 0 Å². The fraction of sp³-hybridized carbons (Fsp3) is 0.619. The number of nitrogens with zero attached hydrogens (tertiary/aromatic N) is 6. The maximum absolute atomic E-state index is 4.94. The maximum atomic E-state index is 4.94. The van der Waals surface area contributed by atoms with Gasteiger partial charge in [0, 0.05) is 61.0 Å². The Balaban J connectivity index is 1.30. The minimum Gasteiger partial charge on any atom is -0.353 e. The van der Waals surface area contributed by atoms with Gasteiger partial charge >= 0.3 is 0 Å². The quantitative estimate of drug-likeness (QED) is 0.829. The molecule has 0 unspecified atom stereocenters. The highest BCUT2D eigenvalue weighted by Gasteiger charge is 2.29. The van der Waals surface area contributed by atoms with Crippen LogP contribution in [0.4, 0.5) is 11.6 Å². The Morgan fingerprint density at radius 1 is 0.852 bits per heavy atom. The molecule has 6 heteroatoms. The van der Waals surface area contributed by atoms with Crippen LogP contribution in [0.1, 0.15) is 66.7 Å². The van der Waals surface area contributed by atoms with E-state index >= 15 is 0 Å². The molecule has 3 heterocycles. The van der Waals surface area contributed by atoms with Crippen molar-refractivity contribution < 1.29 is 0 Å². The minimum absolute atomic E-state index is 0.593. The van der Waals surface area contributed by atoms with Gasteiger partial charge < -0.3 is 9.80 Å². The lowest BCUT2D eigenvalue weighted by Gasteiger charge is -2.37. The summed E-state index contributed by atoms with van der Waals surface area (Å²) < 4.78 is 0. The SMILES string of the molecule is Cc1nc(C2CC2)nc(N2CCN(c3cc(C4CCC4)ncn3)CC2)c1C. The number of aryl methyl sites for hydroxylation is 1. The van der Waals surface area contributed by atoms with E-state index < -0.39 is 0 Å². The number of aromatic nitrogens is 4. The molecule has 0 spiro atoms. The molecule has 0 atom stereocenters. The zero-order chi connectivity index (χ0) is 18.4. The Bertz CT molecular complexity index is 835. The predicted octanol–water partition coefficient (Wildman–Crippen LogP) is 3.35. The lowest BCUT2D eigenvalue weighted by molar-refractivity contribution is 0.410. The van der Waals surface area contributed by atoms with Crippen LogP contribution in [-0.4, -0.2) is 46.1 Å². The van der Waals surface area contributed by atoms with Gasteiger partial charge in [-0.15, -0.1) is 0 Å². The molecule has 27 heavy (non-hydrogen) atoms. The van der Waals surface area contributed by atoms with Crippen molar-refractivity contribution in [2.75, 3.05) is 36.0 Å². The molecular formula is C21H28N6. The largest absolute Gasteiger partial charge is 0.353 e. The van der Waals surface area contributed by atoms with Crippen LogP contribution in [-0.2, 0) is 0 Å². The summed E-state index contributed by atoms with van der Waals surface area (Å²) in [6.07, 6.45) is 8.12. The van der Waals surface area contributed by atoms with Crippen LogP contribution in [0, 0.1) is 13.8 Å². The smallest absolute Gasteiger partial charge is 0.135 e. The predicted molar refractivity (Wildman–Crippen MR) is 107 cm³/mol. The number of anilines is 2. The van der Waals surface area contributed by atoms with Gasteiger partial charge in [-0.05, 0) is 39.5 Å². The molecule has 0 radical (unpaired) electrons. The molecule has 0 bridgehead atoms. The van der Waals surface area contributed by atoms with E-state index in [1.54, 1.807) is 6.33 Å². The van der Waals surface area contributed by atoms with E-state index in [1.165, 1.54) is 43.4 Å². The van der Waals surface area contributed by atoms with E-state index in [-0.39, 0.29) is 0 Å². The number of piperazine rings is 1. The second kappa shape index (κ2) is 6.73. The third-order valence-corrected chi connectivity index (χ3v) is 6.42. The van der Waals surface area contributed by atoms with Crippen molar-refractivity contribution in [3.05, 3.63) is 35.2 Å². The van der Waals surface area contributed by atoms with Gasteiger partial charge in [-0.3, -0.25) is 0 Å². The first-order valence-corrected chi connectivity index (χ1v) is 10.4. The van der Waals surface area contributed by atoms with Crippen LogP contribution in [0.5, 0.6) is 0 Å². The molecule has 2 saturated carbocycles. The molecule has 142 valence electrons. The zero-order valence-electron chi connectivity index (χ0n) is 16.4. The summed E-state index contributed by atoms with van der Waals surface area (Å²) in [7, 11) is 0. The van der Waals surface area contributed by atoms with E-state index in [0.717, 1.165) is 49.3 Å². The van der Waals surface area contributed by atoms with Crippen molar-refractivity contribution in [2.24, 2.45) is 0 Å². The van der Waals surface area contributed by atoms with Crippen LogP contribution < -0.4 is 9.80 Å². The molecule has 3 aliphatic rings. The van der Waals surface area contributed by atoms with Crippen molar-refractivity contribution in [2.45, 2.75) is 57.8 Å². The van der Waals surface area contributed by atoms with Gasteiger partial charge in [0.05, 0.1) is 0 Å². The Morgan fingerprint density at radius 2 is 1.59 bits per heavy atom. The van der Waals surface area contributed by atoms with Gasteiger partial charge in [0.1, 0.15) is 23.8 Å². The first-order valence-electron chi connectivity index (χ1n) is 10.4. The molecule has 2 aromatic rings. The van der Waals surface area contributed by atoms with Gasteiger partial charge in [0.15, 0.2) is 0 Å². The second-order valence-electron chi connectivity index (χ2n) is 8.29. The molecule has 2 aromatic heterocycles. The summed E-state index contributed by atoms with van der Waals surface area (Å²) >= 11 is 0. The molecule has 0 N–H and O–H groups in total. The second-order valence-corrected chi connectivity index (χ2v) is 8.29. The third kappa shape index (κ3) is 3.26. The summed E-state index contributed by atoms with van der Waals surface area (Å²) in [5, 5.41) is 0. The molecule has 6 nitrogen and oxygen atoms in total. The van der Waals surface area contributed by atoms with E-state index in [2.05, 4.69) is 39.7 Å². The molecule has 2 aliphatic carbocycles. The molecule has 0 amide bonds. The van der Waals surface area contributed by atoms with Crippen molar-refractivity contribution in [3.8, 4) is 0 Å². The number of hydrogen-bond acceptors (Lipinski definition) is 6. The molecule has 1 aliphatic heterocycles. The average Bonchev–Trinajstić information content (AvgIpc) is 3.48. The van der Waals surface area contributed by atoms with Gasteiger partial charge in [-0.2, -0.15) is 0 Å². The summed E-state index contributed by atoms with van der Waals surface area (Å²) in [6, 6.07) is 2.21. The van der Waals surface area contributed by atoms with Crippen molar-refractivity contribution in [1.82, 2.24) is 19.9 Å². The van der Waals surface area contributed by atoms with Gasteiger partial charge in [-0.1, -0.05) is 6.42 Å². The Hall–Kier alpha value is -2.24. The van der Waals surface area contributed by atoms with Crippen LogP contribution in [0.3, 0.4) is 0 Å². The minimum atomic E-state index is 0.593. The van der Waals surface area contributed by atoms with Crippen LogP contribution in [0.25, 0.3) is 0 Å². The first kappa shape index (κ1) is 16.9. The first-order chi connectivity index (χ1) is 13.2. The average molecular weight is 364 g/mol. The zero-order valence-corrected chi connectivity index (χ0v) is 16.4. The highest BCUT2D eigenvalue weighted by Crippen LogP contribution is 2.39. The fourth-order valence-electron chi connectivity index (χ4n) is 4.08. The summed E-state index contributed by atoms with van der Waals surface area (Å²) in [5.74, 6) is 4.52. The van der Waals surface area contributed by atoms with Gasteiger partial charge in [0.25, 0.3) is 0 Å². The molecule has 5 rings (SSSR count). The van der Waals surface area contributed by atoms with E-state index in [4.69, 9.17) is 9.97 Å². The maximum Gasteiger partial charge on any atom is 0.135 e. The fourth-order valence-corrected chi connectivity index (χ4v) is 4.08. The van der Waals surface area contributed by atoms with Crippen LogP contribution in [0.15, 0.2) is 12.4 Å². The van der Waals surface area contributed by atoms with Crippen LogP contribution >= 0.6 is 0 Å². The van der Waals surface area contributed by atoms with Gasteiger partial charge in [0.2, 0.25) is 0 Å². The molecule has 1 saturated heterocycles. The Kier molecular flexibility index (Phi) is 4.21. The molecule has 0 aromatic carbocycles. The Morgan fingerprint density at radius 3 is 2.26 bits per heavy atom. The molecular weight excluding hydrogens is 336 g/mol. The lowest BCUT2D eigenvalue weighted by Crippen LogP contribution is -2.47.